The molecule has 34 heavy (non-hydrogen) atoms. The topological polar surface area (TPSA) is 167 Å². The van der Waals surface area contributed by atoms with Crippen molar-refractivity contribution in [3.8, 4) is 5.75 Å². The van der Waals surface area contributed by atoms with Crippen molar-refractivity contribution >= 4 is 23.0 Å². The summed E-state index contributed by atoms with van der Waals surface area (Å²) in [5.74, 6) is -3.09. The average Bonchev–Trinajstić information content (AvgIpc) is 2.80. The molecule has 2 rings (SSSR count). The number of rotatable bonds is 13. The summed E-state index contributed by atoms with van der Waals surface area (Å²) in [6, 6.07) is 8.50. The van der Waals surface area contributed by atoms with Crippen LogP contribution in [0.4, 0.5) is 5.69 Å². The minimum Gasteiger partial charge on any atom is -0.507 e. The summed E-state index contributed by atoms with van der Waals surface area (Å²) in [5.41, 5.74) is 9.80. The molecule has 0 aliphatic carbocycles. The molecule has 0 aromatic heterocycles. The molecule has 0 saturated carbocycles. The number of unbranched alkanes of at least 4 members (excludes halogenated alkanes) is 2. The molecule has 0 fully saturated rings. The smallest absolute Gasteiger partial charge is 0.292 e. The SMILES string of the molecule is C=C(C)C(=O)c1cc(O)c(C(=O)[C@H](N)Cc2ccccc2)c(C(=O)CCCCCN)c1[N+](=O)[O-]. The molecule has 9 nitrogen and oxygen atoms in total. The molecule has 0 aliphatic heterocycles. The van der Waals surface area contributed by atoms with E-state index in [9.17, 15) is 29.6 Å². The van der Waals surface area contributed by atoms with E-state index in [4.69, 9.17) is 11.5 Å². The van der Waals surface area contributed by atoms with Crippen molar-refractivity contribution in [1.82, 2.24) is 0 Å². The van der Waals surface area contributed by atoms with Crippen molar-refractivity contribution in [2.75, 3.05) is 6.54 Å². The number of phenolic OH excluding ortho intramolecular Hbond substituents is 1. The Morgan fingerprint density at radius 2 is 1.76 bits per heavy atom. The van der Waals surface area contributed by atoms with E-state index in [1.165, 1.54) is 6.92 Å². The van der Waals surface area contributed by atoms with E-state index in [1.54, 1.807) is 30.3 Å². The molecule has 5 N–H and O–H groups in total. The summed E-state index contributed by atoms with van der Waals surface area (Å²) in [5, 5.41) is 22.7. The summed E-state index contributed by atoms with van der Waals surface area (Å²) in [6.07, 6.45) is 1.59. The van der Waals surface area contributed by atoms with Gasteiger partial charge in [-0.25, -0.2) is 0 Å². The Balaban J connectivity index is 2.65. The number of carbonyl (C=O) groups excluding carboxylic acids is 3. The second-order valence-electron chi connectivity index (χ2n) is 8.09. The number of Topliss-reactive ketones (excluding diaryl/α,β-unsaturated/α-hetero) is 3. The third-order valence-corrected chi connectivity index (χ3v) is 5.36. The van der Waals surface area contributed by atoms with Gasteiger partial charge in [-0.1, -0.05) is 43.3 Å². The number of ketones is 3. The van der Waals surface area contributed by atoms with Crippen molar-refractivity contribution in [3.05, 3.63) is 80.9 Å². The van der Waals surface area contributed by atoms with Crippen molar-refractivity contribution in [3.63, 3.8) is 0 Å². The quantitative estimate of drug-likeness (QED) is 0.132. The lowest BCUT2D eigenvalue weighted by atomic mass is 9.87. The fourth-order valence-electron chi connectivity index (χ4n) is 3.65. The Hall–Kier alpha value is -3.69. The van der Waals surface area contributed by atoms with E-state index in [0.29, 0.717) is 25.8 Å². The molecule has 2 aromatic carbocycles. The number of hydrogen-bond donors (Lipinski definition) is 3. The molecule has 0 saturated heterocycles. The number of benzene rings is 2. The second kappa shape index (κ2) is 12.0. The molecular weight excluding hydrogens is 438 g/mol. The van der Waals surface area contributed by atoms with E-state index in [0.717, 1.165) is 11.6 Å². The van der Waals surface area contributed by atoms with Gasteiger partial charge in [0.15, 0.2) is 17.3 Å². The van der Waals surface area contributed by atoms with Crippen LogP contribution in [0.2, 0.25) is 0 Å². The van der Waals surface area contributed by atoms with Gasteiger partial charge in [-0.15, -0.1) is 0 Å². The first-order valence-electron chi connectivity index (χ1n) is 10.9. The number of hydrogen-bond acceptors (Lipinski definition) is 8. The normalized spacial score (nSPS) is 11.6. The number of allylic oxidation sites excluding steroid dienone is 1. The maximum atomic E-state index is 13.3. The monoisotopic (exact) mass is 467 g/mol. The molecule has 2 aromatic rings. The van der Waals surface area contributed by atoms with Crippen molar-refractivity contribution in [2.45, 2.75) is 45.1 Å². The predicted octanol–water partition coefficient (Wildman–Crippen LogP) is 3.51. The fraction of sp³-hybridized carbons (Fsp3) is 0.320. The first-order chi connectivity index (χ1) is 16.1. The lowest BCUT2D eigenvalue weighted by molar-refractivity contribution is -0.385. The van der Waals surface area contributed by atoms with Gasteiger partial charge in [-0.3, -0.25) is 24.5 Å². The van der Waals surface area contributed by atoms with Crippen molar-refractivity contribution < 1.29 is 24.4 Å². The first-order valence-corrected chi connectivity index (χ1v) is 10.9. The van der Waals surface area contributed by atoms with Gasteiger partial charge in [-0.05, 0) is 49.9 Å². The number of phenols is 1. The van der Waals surface area contributed by atoms with Crippen LogP contribution in [0, 0.1) is 10.1 Å². The Labute approximate surface area is 197 Å². The van der Waals surface area contributed by atoms with Gasteiger partial charge in [-0.2, -0.15) is 0 Å². The molecular formula is C25H29N3O6. The molecule has 0 radical (unpaired) electrons. The van der Waals surface area contributed by atoms with Gasteiger partial charge in [0, 0.05) is 6.42 Å². The van der Waals surface area contributed by atoms with Crippen molar-refractivity contribution in [2.24, 2.45) is 11.5 Å². The Morgan fingerprint density at radius 3 is 2.32 bits per heavy atom. The van der Waals surface area contributed by atoms with Crippen LogP contribution < -0.4 is 11.5 Å². The third-order valence-electron chi connectivity index (χ3n) is 5.36. The summed E-state index contributed by atoms with van der Waals surface area (Å²) >= 11 is 0. The standard InChI is InChI=1S/C25H29N3O6/c1-15(2)24(31)17-14-20(30)22(25(32)18(27)13-16-9-5-3-6-10-16)21(23(17)28(33)34)19(29)11-7-4-8-12-26/h3,5-6,9-10,14,18,30H,1,4,7-8,11-13,26-27H2,2H3/t18-/m1/s1. The summed E-state index contributed by atoms with van der Waals surface area (Å²) < 4.78 is 0. The minimum atomic E-state index is -1.18. The Bertz CT molecular complexity index is 1110. The second-order valence-corrected chi connectivity index (χ2v) is 8.09. The van der Waals surface area contributed by atoms with Crippen LogP contribution in [0.5, 0.6) is 5.75 Å². The zero-order chi connectivity index (χ0) is 25.4. The molecule has 0 heterocycles. The van der Waals surface area contributed by atoms with E-state index in [2.05, 4.69) is 6.58 Å². The van der Waals surface area contributed by atoms with E-state index in [-0.39, 0.29) is 18.4 Å². The van der Waals surface area contributed by atoms with Crippen LogP contribution in [0.1, 0.15) is 69.2 Å². The van der Waals surface area contributed by atoms with Crippen LogP contribution in [0.3, 0.4) is 0 Å². The third kappa shape index (κ3) is 6.21. The van der Waals surface area contributed by atoms with Crippen LogP contribution in [-0.2, 0) is 6.42 Å². The van der Waals surface area contributed by atoms with Gasteiger partial charge < -0.3 is 16.6 Å². The van der Waals surface area contributed by atoms with Crippen LogP contribution >= 0.6 is 0 Å². The van der Waals surface area contributed by atoms with Crippen LogP contribution in [0.25, 0.3) is 0 Å². The van der Waals surface area contributed by atoms with E-state index < -0.39 is 56.4 Å². The van der Waals surface area contributed by atoms with E-state index in [1.807, 2.05) is 0 Å². The highest BCUT2D eigenvalue weighted by atomic mass is 16.6. The lowest BCUT2D eigenvalue weighted by Gasteiger charge is -2.17. The van der Waals surface area contributed by atoms with Gasteiger partial charge in [0.05, 0.1) is 16.5 Å². The highest BCUT2D eigenvalue weighted by Crippen LogP contribution is 2.37. The van der Waals surface area contributed by atoms with Crippen molar-refractivity contribution in [1.29, 1.82) is 0 Å². The van der Waals surface area contributed by atoms with Gasteiger partial charge >= 0.3 is 0 Å². The number of aromatic hydroxyl groups is 1. The summed E-state index contributed by atoms with van der Waals surface area (Å²) in [7, 11) is 0. The maximum absolute atomic E-state index is 13.3. The first kappa shape index (κ1) is 26.6. The molecule has 0 bridgehead atoms. The summed E-state index contributed by atoms with van der Waals surface area (Å²) in [6.45, 7) is 5.28. The highest BCUT2D eigenvalue weighted by Gasteiger charge is 2.37. The Kier molecular flexibility index (Phi) is 9.35. The number of nitro groups is 1. The van der Waals surface area contributed by atoms with Gasteiger partial charge in [0.1, 0.15) is 16.9 Å². The number of carbonyl (C=O) groups is 3. The molecule has 0 unspecified atom stereocenters. The molecule has 180 valence electrons. The average molecular weight is 468 g/mol. The number of nitrogens with zero attached hydrogens (tertiary/aromatic N) is 1. The minimum absolute atomic E-state index is 0.0244. The van der Waals surface area contributed by atoms with E-state index >= 15 is 0 Å². The zero-order valence-corrected chi connectivity index (χ0v) is 19.1. The van der Waals surface area contributed by atoms with Crippen LogP contribution in [0.15, 0.2) is 48.6 Å². The van der Waals surface area contributed by atoms with Gasteiger partial charge in [0.2, 0.25) is 0 Å². The Morgan fingerprint density at radius 1 is 1.12 bits per heavy atom. The van der Waals surface area contributed by atoms with Gasteiger partial charge in [0.25, 0.3) is 5.69 Å². The fourth-order valence-corrected chi connectivity index (χ4v) is 3.65. The predicted molar refractivity (Wildman–Crippen MR) is 128 cm³/mol. The zero-order valence-electron chi connectivity index (χ0n) is 19.1. The molecule has 1 atom stereocenters. The number of nitrogens with two attached hydrogens (primary N) is 2. The highest BCUT2D eigenvalue weighted by molar-refractivity contribution is 6.19. The molecule has 0 aliphatic rings. The number of nitro benzene ring substituents is 1. The molecule has 9 heteroatoms. The maximum Gasteiger partial charge on any atom is 0.292 e. The largest absolute Gasteiger partial charge is 0.507 e. The molecule has 0 amide bonds. The molecule has 0 spiro atoms. The van der Waals surface area contributed by atoms with Crippen LogP contribution in [-0.4, -0.2) is 40.0 Å². The summed E-state index contributed by atoms with van der Waals surface area (Å²) in [4.78, 5) is 50.2. The lowest BCUT2D eigenvalue weighted by Crippen LogP contribution is -2.34.